The molecule has 0 aliphatic rings. The van der Waals surface area contributed by atoms with Crippen LogP contribution < -0.4 is 5.73 Å². The number of rotatable bonds is 6. The van der Waals surface area contributed by atoms with Crippen LogP contribution in [0.25, 0.3) is 0 Å². The number of hydrogen-bond donors (Lipinski definition) is 2. The molecule has 0 rings (SSSR count). The average molecular weight is 202 g/mol. The predicted molar refractivity (Wildman–Crippen MR) is 52.8 cm³/mol. The van der Waals surface area contributed by atoms with E-state index in [4.69, 9.17) is 10.8 Å². The van der Waals surface area contributed by atoms with Crippen LogP contribution in [0.3, 0.4) is 0 Å². The fraction of sp³-hybridized carbons (Fsp3) is 0.778. The molecule has 1 unspecified atom stereocenters. The van der Waals surface area contributed by atoms with Gasteiger partial charge in [0.15, 0.2) is 0 Å². The molecule has 1 atom stereocenters. The molecular formula is C9H18N2O3. The summed E-state index contributed by atoms with van der Waals surface area (Å²) in [5, 5.41) is 8.39. The van der Waals surface area contributed by atoms with Crippen LogP contribution in [0.4, 0.5) is 0 Å². The lowest BCUT2D eigenvalue weighted by atomic mass is 10.2. The monoisotopic (exact) mass is 202 g/mol. The molecule has 1 amide bonds. The van der Waals surface area contributed by atoms with Crippen LogP contribution in [0.2, 0.25) is 0 Å². The lowest BCUT2D eigenvalue weighted by Crippen LogP contribution is -2.32. The molecule has 0 bridgehead atoms. The third kappa shape index (κ3) is 6.42. The normalized spacial score (nSPS) is 12.2. The van der Waals surface area contributed by atoms with E-state index in [1.165, 1.54) is 4.90 Å². The van der Waals surface area contributed by atoms with Crippen molar-refractivity contribution in [2.75, 3.05) is 13.6 Å². The zero-order valence-corrected chi connectivity index (χ0v) is 8.69. The molecule has 0 saturated carbocycles. The Labute approximate surface area is 83.9 Å². The summed E-state index contributed by atoms with van der Waals surface area (Å²) in [7, 11) is 1.66. The standard InChI is InChI=1S/C9H18N2O3/c1-7(10)6-8(12)11(2)5-3-4-9(13)14/h7H,3-6,10H2,1-2H3,(H,13,14). The maximum atomic E-state index is 11.3. The molecule has 0 aromatic heterocycles. The molecule has 0 radical (unpaired) electrons. The second-order valence-electron chi connectivity index (χ2n) is 3.49. The first-order valence-corrected chi connectivity index (χ1v) is 4.64. The number of nitrogens with zero attached hydrogens (tertiary/aromatic N) is 1. The first-order valence-electron chi connectivity index (χ1n) is 4.64. The van der Waals surface area contributed by atoms with Gasteiger partial charge in [0.1, 0.15) is 0 Å². The van der Waals surface area contributed by atoms with Crippen molar-refractivity contribution >= 4 is 11.9 Å². The number of aliphatic carboxylic acids is 1. The minimum absolute atomic E-state index is 0.0367. The quantitative estimate of drug-likeness (QED) is 0.637. The fourth-order valence-corrected chi connectivity index (χ4v) is 1.02. The Balaban J connectivity index is 3.67. The van der Waals surface area contributed by atoms with Crippen LogP contribution in [0.5, 0.6) is 0 Å². The summed E-state index contributed by atoms with van der Waals surface area (Å²) < 4.78 is 0. The summed E-state index contributed by atoms with van der Waals surface area (Å²) in [6, 6.07) is -0.149. The Kier molecular flexibility index (Phi) is 5.87. The number of carbonyl (C=O) groups is 2. The van der Waals surface area contributed by atoms with Gasteiger partial charge in [-0.25, -0.2) is 0 Å². The molecule has 0 aliphatic heterocycles. The minimum Gasteiger partial charge on any atom is -0.481 e. The molecule has 82 valence electrons. The zero-order valence-electron chi connectivity index (χ0n) is 8.69. The lowest BCUT2D eigenvalue weighted by molar-refractivity contribution is -0.138. The highest BCUT2D eigenvalue weighted by Crippen LogP contribution is 1.97. The van der Waals surface area contributed by atoms with Gasteiger partial charge in [0.2, 0.25) is 5.91 Å². The van der Waals surface area contributed by atoms with E-state index in [0.29, 0.717) is 19.4 Å². The Morgan fingerprint density at radius 3 is 2.50 bits per heavy atom. The molecule has 0 aliphatic carbocycles. The van der Waals surface area contributed by atoms with Crippen molar-refractivity contribution in [3.63, 3.8) is 0 Å². The molecule has 0 spiro atoms. The summed E-state index contributed by atoms with van der Waals surface area (Å²) >= 11 is 0. The van der Waals surface area contributed by atoms with E-state index in [-0.39, 0.29) is 18.4 Å². The smallest absolute Gasteiger partial charge is 0.303 e. The van der Waals surface area contributed by atoms with Crippen LogP contribution in [0, 0.1) is 0 Å². The van der Waals surface area contributed by atoms with E-state index in [0.717, 1.165) is 0 Å². The average Bonchev–Trinajstić information content (AvgIpc) is 2.01. The van der Waals surface area contributed by atoms with Gasteiger partial charge in [-0.1, -0.05) is 0 Å². The van der Waals surface area contributed by atoms with Crippen molar-refractivity contribution < 1.29 is 14.7 Å². The van der Waals surface area contributed by atoms with Gasteiger partial charge in [0, 0.05) is 32.5 Å². The highest BCUT2D eigenvalue weighted by Gasteiger charge is 2.10. The van der Waals surface area contributed by atoms with Crippen molar-refractivity contribution in [2.45, 2.75) is 32.2 Å². The minimum atomic E-state index is -0.835. The van der Waals surface area contributed by atoms with Gasteiger partial charge in [-0.2, -0.15) is 0 Å². The summed E-state index contributed by atoms with van der Waals surface area (Å²) in [5.74, 6) is -0.872. The van der Waals surface area contributed by atoms with Crippen LogP contribution >= 0.6 is 0 Å². The van der Waals surface area contributed by atoms with Gasteiger partial charge in [-0.3, -0.25) is 9.59 Å². The molecule has 0 saturated heterocycles. The molecule has 0 aromatic carbocycles. The van der Waals surface area contributed by atoms with Crippen LogP contribution in [0.15, 0.2) is 0 Å². The number of carboxylic acid groups (broad SMARTS) is 1. The number of nitrogens with two attached hydrogens (primary N) is 1. The van der Waals surface area contributed by atoms with E-state index in [1.54, 1.807) is 14.0 Å². The fourth-order valence-electron chi connectivity index (χ4n) is 1.02. The molecule has 0 heterocycles. The van der Waals surface area contributed by atoms with Gasteiger partial charge in [0.05, 0.1) is 0 Å². The topological polar surface area (TPSA) is 83.6 Å². The predicted octanol–water partition coefficient (Wildman–Crippen LogP) is 0.0469. The van der Waals surface area contributed by atoms with E-state index in [9.17, 15) is 9.59 Å². The van der Waals surface area contributed by atoms with Crippen molar-refractivity contribution in [3.05, 3.63) is 0 Å². The molecule has 5 nitrogen and oxygen atoms in total. The van der Waals surface area contributed by atoms with Crippen LogP contribution in [-0.4, -0.2) is 41.5 Å². The number of hydrogen-bond acceptors (Lipinski definition) is 3. The SMILES string of the molecule is CC(N)CC(=O)N(C)CCCC(=O)O. The van der Waals surface area contributed by atoms with E-state index in [1.807, 2.05) is 0 Å². The van der Waals surface area contributed by atoms with Crippen molar-refractivity contribution in [1.29, 1.82) is 0 Å². The van der Waals surface area contributed by atoms with E-state index in [2.05, 4.69) is 0 Å². The molecule has 14 heavy (non-hydrogen) atoms. The van der Waals surface area contributed by atoms with Gasteiger partial charge in [-0.05, 0) is 13.3 Å². The second kappa shape index (κ2) is 6.37. The van der Waals surface area contributed by atoms with Crippen molar-refractivity contribution in [2.24, 2.45) is 5.73 Å². The van der Waals surface area contributed by atoms with Crippen molar-refractivity contribution in [3.8, 4) is 0 Å². The molecular weight excluding hydrogens is 184 g/mol. The van der Waals surface area contributed by atoms with Crippen LogP contribution in [-0.2, 0) is 9.59 Å². The highest BCUT2D eigenvalue weighted by atomic mass is 16.4. The summed E-state index contributed by atoms with van der Waals surface area (Å²) in [6.07, 6.45) is 0.885. The second-order valence-corrected chi connectivity index (χ2v) is 3.49. The zero-order chi connectivity index (χ0) is 11.1. The number of amides is 1. The van der Waals surface area contributed by atoms with Gasteiger partial charge >= 0.3 is 5.97 Å². The number of carboxylic acids is 1. The third-order valence-corrected chi connectivity index (χ3v) is 1.81. The van der Waals surface area contributed by atoms with E-state index < -0.39 is 5.97 Å². The Hall–Kier alpha value is -1.10. The van der Waals surface area contributed by atoms with Gasteiger partial charge in [0.25, 0.3) is 0 Å². The lowest BCUT2D eigenvalue weighted by Gasteiger charge is -2.17. The number of carbonyl (C=O) groups excluding carboxylic acids is 1. The molecule has 5 heteroatoms. The highest BCUT2D eigenvalue weighted by molar-refractivity contribution is 5.76. The van der Waals surface area contributed by atoms with Crippen molar-refractivity contribution in [1.82, 2.24) is 4.90 Å². The molecule has 0 fully saturated rings. The Morgan fingerprint density at radius 1 is 1.50 bits per heavy atom. The van der Waals surface area contributed by atoms with Gasteiger partial charge < -0.3 is 15.7 Å². The third-order valence-electron chi connectivity index (χ3n) is 1.81. The Morgan fingerprint density at radius 2 is 2.07 bits per heavy atom. The first kappa shape index (κ1) is 12.9. The van der Waals surface area contributed by atoms with Crippen LogP contribution in [0.1, 0.15) is 26.2 Å². The largest absolute Gasteiger partial charge is 0.481 e. The molecule has 0 aromatic rings. The summed E-state index contributed by atoms with van der Waals surface area (Å²) in [4.78, 5) is 23.1. The van der Waals surface area contributed by atoms with E-state index >= 15 is 0 Å². The first-order chi connectivity index (χ1) is 6.43. The summed E-state index contributed by atoms with van der Waals surface area (Å²) in [6.45, 7) is 2.24. The summed E-state index contributed by atoms with van der Waals surface area (Å²) in [5.41, 5.74) is 5.47. The Bertz CT molecular complexity index is 204. The maximum absolute atomic E-state index is 11.3. The maximum Gasteiger partial charge on any atom is 0.303 e. The van der Waals surface area contributed by atoms with Gasteiger partial charge in [-0.15, -0.1) is 0 Å². The molecule has 3 N–H and O–H groups in total.